The second-order valence-electron chi connectivity index (χ2n) is 1.71. The molecule has 1 fully saturated rings. The number of ketones is 1. The fourth-order valence-electron chi connectivity index (χ4n) is 0.615. The van der Waals surface area contributed by atoms with E-state index in [0.717, 1.165) is 13.0 Å². The highest BCUT2D eigenvalue weighted by molar-refractivity contribution is 7.82. The average Bonchev–Trinajstić information content (AvgIpc) is 1.77. The summed E-state index contributed by atoms with van der Waals surface area (Å²) in [6.07, 6.45) is 1.47. The van der Waals surface area contributed by atoms with Gasteiger partial charge in [0.2, 0.25) is 0 Å². The van der Waals surface area contributed by atoms with Crippen LogP contribution in [0.5, 0.6) is 0 Å². The Morgan fingerprint density at radius 3 is 2.75 bits per heavy atom. The Labute approximate surface area is 53.3 Å². The van der Waals surface area contributed by atoms with Crippen molar-refractivity contribution in [3.8, 4) is 0 Å². The second-order valence-corrected chi connectivity index (χ2v) is 2.10. The van der Waals surface area contributed by atoms with E-state index < -0.39 is 0 Å². The first-order valence-electron chi connectivity index (χ1n) is 2.55. The Balaban J connectivity index is 2.52. The molecule has 0 aromatic carbocycles. The van der Waals surface area contributed by atoms with Crippen molar-refractivity contribution in [1.29, 1.82) is 0 Å². The molecule has 3 heteroatoms. The number of hydrogen-bond acceptors (Lipinski definition) is 2. The second kappa shape index (κ2) is 2.22. The fourth-order valence-corrected chi connectivity index (χ4v) is 0.809. The van der Waals surface area contributed by atoms with Gasteiger partial charge in [0.1, 0.15) is 0 Å². The Hall–Kier alpha value is -0.440. The first kappa shape index (κ1) is 5.69. The van der Waals surface area contributed by atoms with E-state index >= 15 is 0 Å². The molecule has 1 rings (SSSR count). The summed E-state index contributed by atoms with van der Waals surface area (Å²) < 4.78 is 0. The predicted octanol–water partition coefficient (Wildman–Crippen LogP) is 0.281. The van der Waals surface area contributed by atoms with Crippen LogP contribution in [-0.2, 0) is 4.79 Å². The minimum Gasteiger partial charge on any atom is -0.292 e. The zero-order valence-electron chi connectivity index (χ0n) is 4.39. The SMILES string of the molecule is O=C1CCC[N]C1=S. The minimum absolute atomic E-state index is 0.0336. The van der Waals surface area contributed by atoms with E-state index in [9.17, 15) is 4.79 Å². The summed E-state index contributed by atoms with van der Waals surface area (Å²) in [5.74, 6) is 0.0336. The molecule has 0 aromatic rings. The monoisotopic (exact) mass is 128 g/mol. The van der Waals surface area contributed by atoms with Crippen molar-refractivity contribution in [1.82, 2.24) is 5.32 Å². The predicted molar refractivity (Wildman–Crippen MR) is 33.8 cm³/mol. The van der Waals surface area contributed by atoms with Crippen LogP contribution >= 0.6 is 12.2 Å². The Bertz CT molecular complexity index is 116. The highest BCUT2D eigenvalue weighted by Crippen LogP contribution is 1.98. The summed E-state index contributed by atoms with van der Waals surface area (Å²) in [6.45, 7) is 0.741. The van der Waals surface area contributed by atoms with Crippen LogP contribution in [0.1, 0.15) is 12.8 Å². The number of carbonyl (C=O) groups is 1. The molecule has 1 aliphatic heterocycles. The van der Waals surface area contributed by atoms with Crippen LogP contribution in [0.3, 0.4) is 0 Å². The first-order valence-corrected chi connectivity index (χ1v) is 2.96. The van der Waals surface area contributed by atoms with Crippen molar-refractivity contribution in [3.63, 3.8) is 0 Å². The number of thiocarbonyl (C=S) groups is 1. The van der Waals surface area contributed by atoms with Gasteiger partial charge >= 0.3 is 0 Å². The Morgan fingerprint density at radius 2 is 2.38 bits per heavy atom. The van der Waals surface area contributed by atoms with Crippen molar-refractivity contribution < 1.29 is 4.79 Å². The minimum atomic E-state index is 0.0336. The van der Waals surface area contributed by atoms with Crippen molar-refractivity contribution in [2.45, 2.75) is 12.8 Å². The normalized spacial score (nSPS) is 20.5. The third-order valence-corrected chi connectivity index (χ3v) is 1.41. The number of piperidine rings is 1. The molecule has 0 atom stereocenters. The Kier molecular flexibility index (Phi) is 1.58. The molecule has 1 saturated heterocycles. The van der Waals surface area contributed by atoms with E-state index in [-0.39, 0.29) is 10.8 Å². The third-order valence-electron chi connectivity index (χ3n) is 1.06. The maximum Gasteiger partial charge on any atom is 0.191 e. The molecule has 43 valence electrons. The van der Waals surface area contributed by atoms with Crippen molar-refractivity contribution in [2.24, 2.45) is 0 Å². The van der Waals surface area contributed by atoms with E-state index in [1.807, 2.05) is 0 Å². The van der Waals surface area contributed by atoms with Gasteiger partial charge in [-0.3, -0.25) is 10.1 Å². The summed E-state index contributed by atoms with van der Waals surface area (Å²) in [7, 11) is 0. The maximum atomic E-state index is 10.6. The van der Waals surface area contributed by atoms with Crippen LogP contribution in [-0.4, -0.2) is 17.3 Å². The number of hydrogen-bond donors (Lipinski definition) is 0. The molecular formula is C5H6NOS. The molecule has 1 aliphatic rings. The van der Waals surface area contributed by atoms with Crippen LogP contribution in [0.4, 0.5) is 0 Å². The zero-order valence-corrected chi connectivity index (χ0v) is 5.20. The largest absolute Gasteiger partial charge is 0.292 e. The highest BCUT2D eigenvalue weighted by atomic mass is 32.1. The smallest absolute Gasteiger partial charge is 0.191 e. The van der Waals surface area contributed by atoms with Crippen LogP contribution in [0, 0.1) is 0 Å². The van der Waals surface area contributed by atoms with E-state index in [0.29, 0.717) is 6.42 Å². The summed E-state index contributed by atoms with van der Waals surface area (Å²) in [4.78, 5) is 10.8. The summed E-state index contributed by atoms with van der Waals surface area (Å²) in [6, 6.07) is 0. The topological polar surface area (TPSA) is 31.2 Å². The maximum absolute atomic E-state index is 10.6. The molecule has 8 heavy (non-hydrogen) atoms. The van der Waals surface area contributed by atoms with Crippen LogP contribution in [0.15, 0.2) is 0 Å². The van der Waals surface area contributed by atoms with E-state index in [4.69, 9.17) is 0 Å². The zero-order chi connectivity index (χ0) is 5.98. The Morgan fingerprint density at radius 1 is 1.62 bits per heavy atom. The molecule has 1 radical (unpaired) electrons. The molecule has 0 spiro atoms. The van der Waals surface area contributed by atoms with Crippen LogP contribution in [0.2, 0.25) is 0 Å². The average molecular weight is 128 g/mol. The summed E-state index contributed by atoms with van der Waals surface area (Å²) in [5, 5.41) is 3.79. The van der Waals surface area contributed by atoms with Gasteiger partial charge in [-0.25, -0.2) is 0 Å². The van der Waals surface area contributed by atoms with E-state index in [2.05, 4.69) is 17.5 Å². The molecule has 2 nitrogen and oxygen atoms in total. The summed E-state index contributed by atoms with van der Waals surface area (Å²) in [5.41, 5.74) is 0. The van der Waals surface area contributed by atoms with E-state index in [1.54, 1.807) is 0 Å². The lowest BCUT2D eigenvalue weighted by atomic mass is 10.1. The third kappa shape index (κ3) is 1.04. The van der Waals surface area contributed by atoms with Gasteiger partial charge in [-0.1, -0.05) is 12.2 Å². The molecule has 0 aromatic heterocycles. The lowest BCUT2D eigenvalue weighted by molar-refractivity contribution is -0.113. The molecular weight excluding hydrogens is 122 g/mol. The number of nitrogens with zero attached hydrogens (tertiary/aromatic N) is 1. The quantitative estimate of drug-likeness (QED) is 0.439. The van der Waals surface area contributed by atoms with E-state index in [1.165, 1.54) is 0 Å². The number of rotatable bonds is 0. The lowest BCUT2D eigenvalue weighted by Crippen LogP contribution is -2.29. The lowest BCUT2D eigenvalue weighted by Gasteiger charge is -2.07. The molecule has 0 N–H and O–H groups in total. The van der Waals surface area contributed by atoms with Crippen molar-refractivity contribution >= 4 is 23.0 Å². The molecule has 0 amide bonds. The fraction of sp³-hybridized carbons (Fsp3) is 0.600. The summed E-state index contributed by atoms with van der Waals surface area (Å²) >= 11 is 4.61. The number of Topliss-reactive ketones (excluding diaryl/α,β-unsaturated/α-hetero) is 1. The number of carbonyl (C=O) groups excluding carboxylic acids is 1. The van der Waals surface area contributed by atoms with Gasteiger partial charge in [0.05, 0.1) is 0 Å². The standard InChI is InChI=1S/C5H6NOS/c7-4-2-1-3-6-5(4)8/h1-3H2. The van der Waals surface area contributed by atoms with Crippen LogP contribution < -0.4 is 5.32 Å². The van der Waals surface area contributed by atoms with Gasteiger partial charge < -0.3 is 0 Å². The van der Waals surface area contributed by atoms with Gasteiger partial charge in [0, 0.05) is 13.0 Å². The van der Waals surface area contributed by atoms with Gasteiger partial charge in [-0.15, -0.1) is 0 Å². The highest BCUT2D eigenvalue weighted by Gasteiger charge is 2.14. The van der Waals surface area contributed by atoms with Crippen molar-refractivity contribution in [2.75, 3.05) is 6.54 Å². The van der Waals surface area contributed by atoms with Crippen LogP contribution in [0.25, 0.3) is 0 Å². The molecule has 0 saturated carbocycles. The van der Waals surface area contributed by atoms with Gasteiger partial charge in [-0.2, -0.15) is 0 Å². The van der Waals surface area contributed by atoms with Gasteiger partial charge in [0.15, 0.2) is 10.8 Å². The molecule has 0 unspecified atom stereocenters. The van der Waals surface area contributed by atoms with Crippen molar-refractivity contribution in [3.05, 3.63) is 0 Å². The molecule has 1 heterocycles. The van der Waals surface area contributed by atoms with Gasteiger partial charge in [0.25, 0.3) is 0 Å². The molecule has 0 aliphatic carbocycles. The molecule has 0 bridgehead atoms. The first-order chi connectivity index (χ1) is 3.80. The van der Waals surface area contributed by atoms with Gasteiger partial charge in [-0.05, 0) is 6.42 Å².